The molecule has 0 aliphatic rings. The Morgan fingerprint density at radius 1 is 1.29 bits per heavy atom. The van der Waals surface area contributed by atoms with Crippen LogP contribution in [0.25, 0.3) is 5.57 Å². The van der Waals surface area contributed by atoms with Crippen molar-refractivity contribution in [2.24, 2.45) is 0 Å². The molecule has 0 N–H and O–H groups in total. The SMILES string of the molecule is CCOC(=O)C(C)(C)c1ccc(C(=C=O)CCCCl)cc1. The third-order valence-electron chi connectivity index (χ3n) is 3.42. The van der Waals surface area contributed by atoms with Crippen molar-refractivity contribution in [2.75, 3.05) is 12.5 Å². The predicted molar refractivity (Wildman–Crippen MR) is 85.2 cm³/mol. The van der Waals surface area contributed by atoms with Crippen LogP contribution in [0.2, 0.25) is 0 Å². The van der Waals surface area contributed by atoms with E-state index in [1.165, 1.54) is 0 Å². The van der Waals surface area contributed by atoms with Crippen LogP contribution in [-0.2, 0) is 19.7 Å². The number of halogens is 1. The third-order valence-corrected chi connectivity index (χ3v) is 3.69. The number of benzene rings is 1. The highest BCUT2D eigenvalue weighted by atomic mass is 35.5. The molecular weight excluding hydrogens is 288 g/mol. The Hall–Kier alpha value is -1.57. The highest BCUT2D eigenvalue weighted by Gasteiger charge is 2.31. The van der Waals surface area contributed by atoms with Gasteiger partial charge in [0.1, 0.15) is 5.94 Å². The van der Waals surface area contributed by atoms with Gasteiger partial charge in [-0.1, -0.05) is 24.3 Å². The average molecular weight is 309 g/mol. The van der Waals surface area contributed by atoms with Crippen LogP contribution >= 0.6 is 11.6 Å². The van der Waals surface area contributed by atoms with Crippen molar-refractivity contribution < 1.29 is 14.3 Å². The highest BCUT2D eigenvalue weighted by molar-refractivity contribution is 6.17. The number of rotatable bonds is 7. The Labute approximate surface area is 130 Å². The van der Waals surface area contributed by atoms with Crippen LogP contribution in [0.3, 0.4) is 0 Å². The van der Waals surface area contributed by atoms with E-state index in [0.29, 0.717) is 24.5 Å². The lowest BCUT2D eigenvalue weighted by Crippen LogP contribution is -2.31. The van der Waals surface area contributed by atoms with Gasteiger partial charge in [0, 0.05) is 11.5 Å². The van der Waals surface area contributed by atoms with Crippen molar-refractivity contribution in [1.29, 1.82) is 0 Å². The zero-order valence-corrected chi connectivity index (χ0v) is 13.5. The molecule has 0 aliphatic heterocycles. The fourth-order valence-corrected chi connectivity index (χ4v) is 2.15. The number of ether oxygens (including phenoxy) is 1. The molecule has 0 saturated carbocycles. The number of hydrogen-bond acceptors (Lipinski definition) is 3. The standard InChI is InChI=1S/C17H21ClO3/c1-4-21-16(20)17(2,3)15-9-7-13(8-10-15)14(12-19)6-5-11-18/h7-10H,4-6,11H2,1-3H3. The maximum Gasteiger partial charge on any atom is 0.315 e. The van der Waals surface area contributed by atoms with Gasteiger partial charge in [0.05, 0.1) is 12.0 Å². The normalized spacial score (nSPS) is 10.9. The molecule has 21 heavy (non-hydrogen) atoms. The van der Waals surface area contributed by atoms with Crippen LogP contribution in [0.5, 0.6) is 0 Å². The van der Waals surface area contributed by atoms with Gasteiger partial charge in [-0.05, 0) is 44.7 Å². The Balaban J connectivity index is 2.96. The molecule has 0 atom stereocenters. The van der Waals surface area contributed by atoms with Gasteiger partial charge < -0.3 is 4.74 Å². The number of esters is 1. The molecule has 0 unspecified atom stereocenters. The van der Waals surface area contributed by atoms with Gasteiger partial charge in [-0.15, -0.1) is 11.6 Å². The van der Waals surface area contributed by atoms with Crippen LogP contribution < -0.4 is 0 Å². The first kappa shape index (κ1) is 17.5. The summed E-state index contributed by atoms with van der Waals surface area (Å²) >= 11 is 5.65. The van der Waals surface area contributed by atoms with E-state index in [4.69, 9.17) is 16.3 Å². The maximum absolute atomic E-state index is 12.0. The first-order valence-corrected chi connectivity index (χ1v) is 7.58. The molecule has 0 fully saturated rings. The van der Waals surface area contributed by atoms with Crippen molar-refractivity contribution in [1.82, 2.24) is 0 Å². The van der Waals surface area contributed by atoms with E-state index in [1.54, 1.807) is 6.92 Å². The van der Waals surface area contributed by atoms with Gasteiger partial charge >= 0.3 is 5.97 Å². The summed E-state index contributed by atoms with van der Waals surface area (Å²) in [6.45, 7) is 5.79. The van der Waals surface area contributed by atoms with Crippen LogP contribution in [0, 0.1) is 0 Å². The number of carbonyl (C=O) groups is 1. The van der Waals surface area contributed by atoms with E-state index in [2.05, 4.69) is 0 Å². The van der Waals surface area contributed by atoms with Crippen molar-refractivity contribution in [2.45, 2.75) is 39.0 Å². The molecular formula is C17H21ClO3. The zero-order valence-electron chi connectivity index (χ0n) is 12.7. The lowest BCUT2D eigenvalue weighted by atomic mass is 9.84. The van der Waals surface area contributed by atoms with E-state index in [0.717, 1.165) is 17.5 Å². The molecule has 0 spiro atoms. The minimum Gasteiger partial charge on any atom is -0.465 e. The quantitative estimate of drug-likeness (QED) is 0.437. The zero-order chi connectivity index (χ0) is 15.9. The predicted octanol–water partition coefficient (Wildman–Crippen LogP) is 3.76. The maximum atomic E-state index is 12.0. The summed E-state index contributed by atoms with van der Waals surface area (Å²) in [4.78, 5) is 23.0. The summed E-state index contributed by atoms with van der Waals surface area (Å²) < 4.78 is 5.09. The van der Waals surface area contributed by atoms with Gasteiger partial charge in [0.2, 0.25) is 0 Å². The van der Waals surface area contributed by atoms with Gasteiger partial charge in [-0.2, -0.15) is 0 Å². The third kappa shape index (κ3) is 4.45. The summed E-state index contributed by atoms with van der Waals surface area (Å²) in [5.41, 5.74) is 1.57. The smallest absolute Gasteiger partial charge is 0.315 e. The number of alkyl halides is 1. The lowest BCUT2D eigenvalue weighted by Gasteiger charge is -2.23. The summed E-state index contributed by atoms with van der Waals surface area (Å²) in [5.74, 6) is 2.23. The van der Waals surface area contributed by atoms with Crippen molar-refractivity contribution in [3.63, 3.8) is 0 Å². The molecule has 3 nitrogen and oxygen atoms in total. The minimum atomic E-state index is -0.713. The average Bonchev–Trinajstić information content (AvgIpc) is 2.48. The van der Waals surface area contributed by atoms with Gasteiger partial charge in [0.15, 0.2) is 0 Å². The van der Waals surface area contributed by atoms with Gasteiger partial charge in [-0.25, -0.2) is 4.79 Å². The van der Waals surface area contributed by atoms with Crippen LogP contribution in [-0.4, -0.2) is 24.4 Å². The van der Waals surface area contributed by atoms with E-state index in [1.807, 2.05) is 44.1 Å². The van der Waals surface area contributed by atoms with Crippen molar-refractivity contribution >= 4 is 29.1 Å². The lowest BCUT2D eigenvalue weighted by molar-refractivity contribution is -0.148. The topological polar surface area (TPSA) is 43.4 Å². The largest absolute Gasteiger partial charge is 0.465 e. The second kappa shape index (κ2) is 8.02. The van der Waals surface area contributed by atoms with Gasteiger partial charge in [0.25, 0.3) is 0 Å². The summed E-state index contributed by atoms with van der Waals surface area (Å²) in [6.07, 6.45) is 1.34. The summed E-state index contributed by atoms with van der Waals surface area (Å²) in [5, 5.41) is 0. The molecule has 0 amide bonds. The second-order valence-corrected chi connectivity index (χ2v) is 5.67. The molecule has 0 aromatic heterocycles. The molecule has 1 aromatic carbocycles. The van der Waals surface area contributed by atoms with Crippen molar-refractivity contribution in [3.8, 4) is 0 Å². The van der Waals surface area contributed by atoms with Gasteiger partial charge in [-0.3, -0.25) is 4.79 Å². The second-order valence-electron chi connectivity index (χ2n) is 5.30. The molecule has 1 aromatic rings. The summed E-state index contributed by atoms with van der Waals surface area (Å²) in [7, 11) is 0. The van der Waals surface area contributed by atoms with E-state index >= 15 is 0 Å². The van der Waals surface area contributed by atoms with E-state index < -0.39 is 5.41 Å². The molecule has 0 radical (unpaired) electrons. The number of hydrogen-bond donors (Lipinski definition) is 0. The van der Waals surface area contributed by atoms with Crippen LogP contribution in [0.1, 0.15) is 44.7 Å². The molecule has 0 saturated heterocycles. The summed E-state index contributed by atoms with van der Waals surface area (Å²) in [6, 6.07) is 7.38. The minimum absolute atomic E-state index is 0.258. The first-order valence-electron chi connectivity index (χ1n) is 7.05. The molecule has 0 bridgehead atoms. The first-order chi connectivity index (χ1) is 9.97. The van der Waals surface area contributed by atoms with Crippen molar-refractivity contribution in [3.05, 3.63) is 35.4 Å². The molecule has 0 aliphatic carbocycles. The Bertz CT molecular complexity index is 525. The van der Waals surface area contributed by atoms with E-state index in [-0.39, 0.29) is 5.97 Å². The molecule has 0 heterocycles. The van der Waals surface area contributed by atoms with Crippen LogP contribution in [0.4, 0.5) is 0 Å². The number of carbonyl (C=O) groups excluding carboxylic acids is 2. The van der Waals surface area contributed by atoms with E-state index in [9.17, 15) is 9.59 Å². The Morgan fingerprint density at radius 3 is 2.38 bits per heavy atom. The Morgan fingerprint density at radius 2 is 1.90 bits per heavy atom. The Kier molecular flexibility index (Phi) is 6.67. The molecule has 1 rings (SSSR count). The monoisotopic (exact) mass is 308 g/mol. The van der Waals surface area contributed by atoms with Crippen LogP contribution in [0.15, 0.2) is 24.3 Å². The molecule has 4 heteroatoms. The number of allylic oxidation sites excluding steroid dienone is 1. The highest BCUT2D eigenvalue weighted by Crippen LogP contribution is 2.27. The molecule has 114 valence electrons. The fraction of sp³-hybridized carbons (Fsp3) is 0.471. The fourth-order valence-electron chi connectivity index (χ4n) is 2.02.